The fourth-order valence-electron chi connectivity index (χ4n) is 4.22. The van der Waals surface area contributed by atoms with Crippen LogP contribution >= 0.6 is 24.0 Å². The molecule has 0 radical (unpaired) electrons. The molecule has 31 heavy (non-hydrogen) atoms. The topological polar surface area (TPSA) is 48.7 Å². The number of benzene rings is 1. The quantitative estimate of drug-likeness (QED) is 0.308. The molecule has 2 atom stereocenters. The van der Waals surface area contributed by atoms with Crippen LogP contribution < -0.4 is 5.32 Å². The molecule has 6 nitrogen and oxygen atoms in total. The Morgan fingerprint density at radius 3 is 2.68 bits per heavy atom. The largest absolute Gasteiger partial charge is 0.357 e. The second kappa shape index (κ2) is 13.1. The lowest BCUT2D eigenvalue weighted by Gasteiger charge is -2.39. The highest BCUT2D eigenvalue weighted by Crippen LogP contribution is 2.27. The highest BCUT2D eigenvalue weighted by molar-refractivity contribution is 14.0. The zero-order chi connectivity index (χ0) is 21.3. The number of nitrogens with zero attached hydrogens (tertiary/aromatic N) is 5. The minimum atomic E-state index is 0. The Hall–Kier alpha value is -1.61. The monoisotopic (exact) mass is 538 g/mol. The van der Waals surface area contributed by atoms with E-state index in [1.165, 1.54) is 11.1 Å². The molecule has 0 aliphatic carbocycles. The second-order valence-corrected chi connectivity index (χ2v) is 8.24. The van der Waals surface area contributed by atoms with E-state index in [2.05, 4.69) is 82.8 Å². The highest BCUT2D eigenvalue weighted by atomic mass is 127. The number of guanidine groups is 1. The van der Waals surface area contributed by atoms with Gasteiger partial charge in [0.2, 0.25) is 0 Å². The van der Waals surface area contributed by atoms with Crippen molar-refractivity contribution in [3.63, 3.8) is 0 Å². The van der Waals surface area contributed by atoms with Crippen LogP contribution in [0.4, 0.5) is 0 Å². The molecule has 1 aliphatic rings. The van der Waals surface area contributed by atoms with Gasteiger partial charge in [-0.3, -0.25) is 4.90 Å². The van der Waals surface area contributed by atoms with Crippen molar-refractivity contribution in [1.29, 1.82) is 0 Å². The number of hydrogen-bond donors (Lipinski definition) is 1. The van der Waals surface area contributed by atoms with E-state index >= 15 is 0 Å². The summed E-state index contributed by atoms with van der Waals surface area (Å²) >= 11 is 0. The number of piperidine rings is 1. The summed E-state index contributed by atoms with van der Waals surface area (Å²) in [6.07, 6.45) is 7.05. The Balaban J connectivity index is 0.00000341. The van der Waals surface area contributed by atoms with Crippen LogP contribution in [-0.4, -0.2) is 58.0 Å². The molecule has 2 heterocycles. The number of likely N-dealkylation sites (tertiary alicyclic amines) is 1. The summed E-state index contributed by atoms with van der Waals surface area (Å²) in [6, 6.07) is 9.30. The highest BCUT2D eigenvalue weighted by Gasteiger charge is 2.28. The van der Waals surface area contributed by atoms with E-state index < -0.39 is 0 Å². The van der Waals surface area contributed by atoms with Gasteiger partial charge < -0.3 is 14.8 Å². The van der Waals surface area contributed by atoms with Crippen molar-refractivity contribution < 1.29 is 0 Å². The van der Waals surface area contributed by atoms with Crippen LogP contribution in [0.2, 0.25) is 0 Å². The number of aliphatic imine (C=N–C) groups is 1. The molecule has 2 unspecified atom stereocenters. The Morgan fingerprint density at radius 2 is 2.00 bits per heavy atom. The van der Waals surface area contributed by atoms with E-state index in [-0.39, 0.29) is 24.0 Å². The first-order chi connectivity index (χ1) is 14.6. The van der Waals surface area contributed by atoms with Crippen LogP contribution in [0, 0.1) is 5.92 Å². The number of imidazole rings is 1. The van der Waals surface area contributed by atoms with Crippen LogP contribution in [0.1, 0.15) is 51.3 Å². The van der Waals surface area contributed by atoms with E-state index in [9.17, 15) is 0 Å². The summed E-state index contributed by atoms with van der Waals surface area (Å²) in [7, 11) is 0. The summed E-state index contributed by atoms with van der Waals surface area (Å²) < 4.78 is 2.25. The van der Waals surface area contributed by atoms with Crippen molar-refractivity contribution in [3.8, 4) is 0 Å². The molecule has 1 N–H and O–H groups in total. The van der Waals surface area contributed by atoms with Gasteiger partial charge in [-0.2, -0.15) is 0 Å². The molecule has 0 spiro atoms. The molecule has 7 heteroatoms. The fourth-order valence-corrected chi connectivity index (χ4v) is 4.22. The maximum atomic E-state index is 5.00. The van der Waals surface area contributed by atoms with Gasteiger partial charge in [0.05, 0.1) is 18.9 Å². The first kappa shape index (κ1) is 25.6. The van der Waals surface area contributed by atoms with Gasteiger partial charge in [0.15, 0.2) is 5.96 Å². The van der Waals surface area contributed by atoms with Gasteiger partial charge >= 0.3 is 0 Å². The fraction of sp³-hybridized carbons (Fsp3) is 0.583. The van der Waals surface area contributed by atoms with E-state index in [0.29, 0.717) is 18.5 Å². The molecule has 1 aromatic carbocycles. The molecule has 0 bridgehead atoms. The van der Waals surface area contributed by atoms with Crippen molar-refractivity contribution in [3.05, 3.63) is 54.1 Å². The third-order valence-electron chi connectivity index (χ3n) is 6.16. The second-order valence-electron chi connectivity index (χ2n) is 8.24. The zero-order valence-corrected chi connectivity index (χ0v) is 21.8. The molecule has 1 aliphatic heterocycles. The summed E-state index contributed by atoms with van der Waals surface area (Å²) in [5.41, 5.74) is 2.63. The van der Waals surface area contributed by atoms with Crippen molar-refractivity contribution in [2.45, 2.75) is 53.2 Å². The summed E-state index contributed by atoms with van der Waals surface area (Å²) in [6.45, 7) is 15.7. The van der Waals surface area contributed by atoms with Crippen LogP contribution in [-0.2, 0) is 13.1 Å². The normalized spacial score (nSPS) is 19.4. The number of nitrogens with one attached hydrogen (secondary N) is 1. The molecule has 3 rings (SSSR count). The van der Waals surface area contributed by atoms with Gasteiger partial charge in [-0.05, 0) is 43.5 Å². The Labute approximate surface area is 205 Å². The van der Waals surface area contributed by atoms with Crippen LogP contribution in [0.3, 0.4) is 0 Å². The minimum absolute atomic E-state index is 0. The predicted molar refractivity (Wildman–Crippen MR) is 140 cm³/mol. The van der Waals surface area contributed by atoms with Crippen LogP contribution in [0.25, 0.3) is 0 Å². The summed E-state index contributed by atoms with van der Waals surface area (Å²) in [5, 5.41) is 3.51. The van der Waals surface area contributed by atoms with Crippen molar-refractivity contribution >= 4 is 29.9 Å². The van der Waals surface area contributed by atoms with Crippen molar-refractivity contribution in [2.24, 2.45) is 10.9 Å². The lowest BCUT2D eigenvalue weighted by molar-refractivity contribution is 0.189. The first-order valence-electron chi connectivity index (χ1n) is 11.4. The van der Waals surface area contributed by atoms with E-state index in [1.807, 2.05) is 12.5 Å². The molecule has 0 saturated carbocycles. The average molecular weight is 539 g/mol. The molecule has 2 aromatic rings. The molecule has 0 amide bonds. The molecular weight excluding hydrogens is 499 g/mol. The maximum absolute atomic E-state index is 5.00. The minimum Gasteiger partial charge on any atom is -0.357 e. The number of aromatic nitrogens is 2. The standard InChI is InChI=1S/C24H38N6.HI/c1-5-26-24(29-13-11-20(4)23(18-29)30-14-12-25-19-30)27-16-21-9-8-10-22(15-21)17-28(6-2)7-3;/h8-10,12,14-15,19-20,23H,5-7,11,13,16-18H2,1-4H3,(H,26,27);1H. The Morgan fingerprint density at radius 1 is 1.23 bits per heavy atom. The summed E-state index contributed by atoms with van der Waals surface area (Å²) in [5.74, 6) is 1.65. The number of halogens is 1. The molecule has 1 aromatic heterocycles. The van der Waals surface area contributed by atoms with Gasteiger partial charge in [-0.1, -0.05) is 45.0 Å². The lowest BCUT2D eigenvalue weighted by Crippen LogP contribution is -2.49. The smallest absolute Gasteiger partial charge is 0.194 e. The average Bonchev–Trinajstić information content (AvgIpc) is 3.30. The molecular formula is C24H39IN6. The SMILES string of the molecule is CCNC(=NCc1cccc(CN(CC)CC)c1)N1CCC(C)C(n2ccnc2)C1.I. The van der Waals surface area contributed by atoms with Gasteiger partial charge in [0.25, 0.3) is 0 Å². The van der Waals surface area contributed by atoms with Gasteiger partial charge in [0.1, 0.15) is 0 Å². The van der Waals surface area contributed by atoms with E-state index in [1.54, 1.807) is 0 Å². The van der Waals surface area contributed by atoms with E-state index in [4.69, 9.17) is 4.99 Å². The molecule has 172 valence electrons. The molecule has 1 saturated heterocycles. The first-order valence-corrected chi connectivity index (χ1v) is 11.4. The van der Waals surface area contributed by atoms with Crippen LogP contribution in [0.15, 0.2) is 48.0 Å². The Kier molecular flexibility index (Phi) is 10.8. The summed E-state index contributed by atoms with van der Waals surface area (Å²) in [4.78, 5) is 14.1. The zero-order valence-electron chi connectivity index (χ0n) is 19.5. The van der Waals surface area contributed by atoms with Gasteiger partial charge in [0, 0.05) is 38.6 Å². The maximum Gasteiger partial charge on any atom is 0.194 e. The third kappa shape index (κ3) is 7.20. The Bertz CT molecular complexity index is 787. The van der Waals surface area contributed by atoms with Gasteiger partial charge in [-0.25, -0.2) is 9.98 Å². The van der Waals surface area contributed by atoms with Crippen molar-refractivity contribution in [1.82, 2.24) is 24.7 Å². The number of rotatable bonds is 8. The van der Waals surface area contributed by atoms with Crippen molar-refractivity contribution in [2.75, 3.05) is 32.7 Å². The van der Waals surface area contributed by atoms with Gasteiger partial charge in [-0.15, -0.1) is 24.0 Å². The van der Waals surface area contributed by atoms with Crippen LogP contribution in [0.5, 0.6) is 0 Å². The third-order valence-corrected chi connectivity index (χ3v) is 6.16. The van der Waals surface area contributed by atoms with E-state index in [0.717, 1.165) is 51.6 Å². The molecule has 1 fully saturated rings. The lowest BCUT2D eigenvalue weighted by atomic mass is 9.93. The number of hydrogen-bond acceptors (Lipinski definition) is 3. The predicted octanol–water partition coefficient (Wildman–Crippen LogP) is 4.39.